The molecule has 0 spiro atoms. The van der Waals surface area contributed by atoms with Gasteiger partial charge in [0.1, 0.15) is 5.25 Å². The van der Waals surface area contributed by atoms with Crippen LogP contribution in [0.1, 0.15) is 6.42 Å². The zero-order chi connectivity index (χ0) is 11.3. The molecule has 1 heterocycles. The van der Waals surface area contributed by atoms with E-state index in [9.17, 15) is 13.2 Å². The SMILES string of the molecule is NCCC(Sc1ccncc1)C(F)(F)F. The smallest absolute Gasteiger partial charge is 0.330 e. The molecule has 2 N–H and O–H groups in total. The molecule has 0 saturated carbocycles. The van der Waals surface area contributed by atoms with E-state index >= 15 is 0 Å². The Hall–Kier alpha value is -0.750. The van der Waals surface area contributed by atoms with Crippen molar-refractivity contribution >= 4 is 11.8 Å². The van der Waals surface area contributed by atoms with Gasteiger partial charge in [0, 0.05) is 17.3 Å². The maximum atomic E-state index is 12.5. The fourth-order valence-electron chi connectivity index (χ4n) is 1.02. The monoisotopic (exact) mass is 236 g/mol. The average Bonchev–Trinajstić information content (AvgIpc) is 2.17. The molecule has 1 atom stereocenters. The van der Waals surface area contributed by atoms with E-state index < -0.39 is 11.4 Å². The van der Waals surface area contributed by atoms with Crippen molar-refractivity contribution in [3.8, 4) is 0 Å². The zero-order valence-corrected chi connectivity index (χ0v) is 8.68. The van der Waals surface area contributed by atoms with Crippen LogP contribution in [0.5, 0.6) is 0 Å². The first-order valence-corrected chi connectivity index (χ1v) is 5.25. The molecule has 0 aliphatic heterocycles. The van der Waals surface area contributed by atoms with Gasteiger partial charge in [-0.15, -0.1) is 11.8 Å². The Kier molecular flexibility index (Phi) is 4.41. The van der Waals surface area contributed by atoms with Crippen LogP contribution in [0.4, 0.5) is 13.2 Å². The van der Waals surface area contributed by atoms with Gasteiger partial charge in [-0.05, 0) is 25.1 Å². The van der Waals surface area contributed by atoms with Crippen molar-refractivity contribution in [1.29, 1.82) is 0 Å². The minimum Gasteiger partial charge on any atom is -0.330 e. The highest BCUT2D eigenvalue weighted by Gasteiger charge is 2.39. The molecule has 1 aromatic heterocycles. The third kappa shape index (κ3) is 4.09. The Balaban J connectivity index is 2.67. The maximum absolute atomic E-state index is 12.5. The Labute approximate surface area is 90.1 Å². The number of nitrogens with zero attached hydrogens (tertiary/aromatic N) is 1. The Bertz CT molecular complexity index is 289. The summed E-state index contributed by atoms with van der Waals surface area (Å²) in [6.45, 7) is 0.0300. The second kappa shape index (κ2) is 5.37. The van der Waals surface area contributed by atoms with Crippen LogP contribution in [0.15, 0.2) is 29.4 Å². The van der Waals surface area contributed by atoms with Gasteiger partial charge in [-0.3, -0.25) is 4.98 Å². The van der Waals surface area contributed by atoms with Gasteiger partial charge in [0.05, 0.1) is 0 Å². The molecular formula is C9H11F3N2S. The van der Waals surface area contributed by atoms with Crippen molar-refractivity contribution < 1.29 is 13.2 Å². The van der Waals surface area contributed by atoms with Gasteiger partial charge in [0.25, 0.3) is 0 Å². The molecule has 0 aliphatic carbocycles. The first-order valence-electron chi connectivity index (χ1n) is 4.37. The van der Waals surface area contributed by atoms with Crippen LogP contribution in [0.25, 0.3) is 0 Å². The molecule has 0 bridgehead atoms. The molecule has 15 heavy (non-hydrogen) atoms. The van der Waals surface area contributed by atoms with Gasteiger partial charge in [-0.25, -0.2) is 0 Å². The number of pyridine rings is 1. The topological polar surface area (TPSA) is 38.9 Å². The van der Waals surface area contributed by atoms with Crippen LogP contribution in [-0.4, -0.2) is 23.0 Å². The number of thioether (sulfide) groups is 1. The lowest BCUT2D eigenvalue weighted by Crippen LogP contribution is -2.28. The van der Waals surface area contributed by atoms with Gasteiger partial charge < -0.3 is 5.73 Å². The van der Waals surface area contributed by atoms with Crippen molar-refractivity contribution in [3.05, 3.63) is 24.5 Å². The molecule has 6 heteroatoms. The van der Waals surface area contributed by atoms with Crippen molar-refractivity contribution in [2.24, 2.45) is 5.73 Å². The van der Waals surface area contributed by atoms with Crippen molar-refractivity contribution in [1.82, 2.24) is 4.98 Å². The highest BCUT2D eigenvalue weighted by atomic mass is 32.2. The van der Waals surface area contributed by atoms with Crippen molar-refractivity contribution in [2.75, 3.05) is 6.54 Å². The number of nitrogens with two attached hydrogens (primary N) is 1. The number of aromatic nitrogens is 1. The van der Waals surface area contributed by atoms with E-state index in [0.717, 1.165) is 11.8 Å². The van der Waals surface area contributed by atoms with Crippen LogP contribution in [0.3, 0.4) is 0 Å². The molecule has 1 aromatic rings. The second-order valence-corrected chi connectivity index (χ2v) is 4.18. The van der Waals surface area contributed by atoms with E-state index in [2.05, 4.69) is 4.98 Å². The van der Waals surface area contributed by atoms with Crippen molar-refractivity contribution in [3.63, 3.8) is 0 Å². The zero-order valence-electron chi connectivity index (χ0n) is 7.87. The predicted octanol–water partition coefficient (Wildman–Crippen LogP) is 2.45. The van der Waals surface area contributed by atoms with E-state index in [1.54, 1.807) is 12.1 Å². The summed E-state index contributed by atoms with van der Waals surface area (Å²) >= 11 is 0.775. The van der Waals surface area contributed by atoms with E-state index in [4.69, 9.17) is 5.73 Å². The van der Waals surface area contributed by atoms with E-state index in [1.165, 1.54) is 12.4 Å². The highest BCUT2D eigenvalue weighted by Crippen LogP contribution is 2.36. The quantitative estimate of drug-likeness (QED) is 0.816. The van der Waals surface area contributed by atoms with E-state index in [0.29, 0.717) is 4.90 Å². The van der Waals surface area contributed by atoms with Gasteiger partial charge in [-0.1, -0.05) is 0 Å². The molecule has 2 nitrogen and oxygen atoms in total. The summed E-state index contributed by atoms with van der Waals surface area (Å²) in [5.41, 5.74) is 5.15. The molecule has 0 fully saturated rings. The third-order valence-corrected chi connectivity index (χ3v) is 3.05. The average molecular weight is 236 g/mol. The first kappa shape index (κ1) is 12.3. The van der Waals surface area contributed by atoms with Crippen LogP contribution < -0.4 is 5.73 Å². The van der Waals surface area contributed by atoms with Crippen LogP contribution in [-0.2, 0) is 0 Å². The summed E-state index contributed by atoms with van der Waals surface area (Å²) < 4.78 is 37.5. The van der Waals surface area contributed by atoms with Crippen LogP contribution in [0.2, 0.25) is 0 Å². The number of halogens is 3. The molecule has 1 rings (SSSR count). The van der Waals surface area contributed by atoms with Gasteiger partial charge in [-0.2, -0.15) is 13.2 Å². The molecular weight excluding hydrogens is 225 g/mol. The summed E-state index contributed by atoms with van der Waals surface area (Å²) in [5, 5.41) is -1.44. The fraction of sp³-hybridized carbons (Fsp3) is 0.444. The molecule has 0 saturated heterocycles. The Morgan fingerprint density at radius 3 is 2.40 bits per heavy atom. The summed E-state index contributed by atoms with van der Waals surface area (Å²) in [6.07, 6.45) is -1.35. The minimum absolute atomic E-state index is 0.0300. The van der Waals surface area contributed by atoms with Gasteiger partial charge >= 0.3 is 6.18 Å². The molecule has 0 aliphatic rings. The second-order valence-electron chi connectivity index (χ2n) is 2.91. The molecule has 0 radical (unpaired) electrons. The first-order chi connectivity index (χ1) is 7.04. The Morgan fingerprint density at radius 1 is 1.33 bits per heavy atom. The summed E-state index contributed by atoms with van der Waals surface area (Å²) in [6, 6.07) is 3.11. The Morgan fingerprint density at radius 2 is 1.93 bits per heavy atom. The summed E-state index contributed by atoms with van der Waals surface area (Å²) in [4.78, 5) is 4.30. The molecule has 1 unspecified atom stereocenters. The third-order valence-electron chi connectivity index (χ3n) is 1.72. The standard InChI is InChI=1S/C9H11F3N2S/c10-9(11,12)8(1-4-13)15-7-2-5-14-6-3-7/h2-3,5-6,8H,1,4,13H2. The van der Waals surface area contributed by atoms with Gasteiger partial charge in [0.15, 0.2) is 0 Å². The number of alkyl halides is 3. The highest BCUT2D eigenvalue weighted by molar-refractivity contribution is 8.00. The number of hydrogen-bond acceptors (Lipinski definition) is 3. The lowest BCUT2D eigenvalue weighted by atomic mass is 10.3. The van der Waals surface area contributed by atoms with Crippen LogP contribution in [0, 0.1) is 0 Å². The summed E-state index contributed by atoms with van der Waals surface area (Å²) in [7, 11) is 0. The largest absolute Gasteiger partial charge is 0.400 e. The predicted molar refractivity (Wildman–Crippen MR) is 53.6 cm³/mol. The maximum Gasteiger partial charge on any atom is 0.400 e. The minimum atomic E-state index is -4.21. The fourth-order valence-corrected chi connectivity index (χ4v) is 2.02. The molecule has 0 amide bonds. The lowest BCUT2D eigenvalue weighted by molar-refractivity contribution is -0.129. The van der Waals surface area contributed by atoms with Crippen molar-refractivity contribution in [2.45, 2.75) is 22.7 Å². The molecule has 84 valence electrons. The van der Waals surface area contributed by atoms with E-state index in [-0.39, 0.29) is 13.0 Å². The number of hydrogen-bond donors (Lipinski definition) is 1. The normalized spacial score (nSPS) is 13.9. The van der Waals surface area contributed by atoms with Gasteiger partial charge in [0.2, 0.25) is 0 Å². The molecule has 0 aromatic carbocycles. The number of rotatable bonds is 4. The van der Waals surface area contributed by atoms with Crippen LogP contribution >= 0.6 is 11.8 Å². The van der Waals surface area contributed by atoms with E-state index in [1.807, 2.05) is 0 Å². The lowest BCUT2D eigenvalue weighted by Gasteiger charge is -2.18. The summed E-state index contributed by atoms with van der Waals surface area (Å²) in [5.74, 6) is 0.